The van der Waals surface area contributed by atoms with Gasteiger partial charge in [0.05, 0.1) is 13.2 Å². The first-order valence-electron chi connectivity index (χ1n) is 4.44. The van der Waals surface area contributed by atoms with Gasteiger partial charge >= 0.3 is 0 Å². The normalized spacial score (nSPS) is 26.4. The Balaban J connectivity index is 2.03. The average molecular weight is 215 g/mol. The maximum atomic E-state index is 9.44. The zero-order valence-electron chi connectivity index (χ0n) is 7.52. The molecule has 76 valence electrons. The molecule has 1 aromatic carbocycles. The molecule has 3 nitrogen and oxygen atoms in total. The molecule has 0 bridgehead atoms. The van der Waals surface area contributed by atoms with E-state index in [2.05, 4.69) is 0 Å². The molecule has 1 saturated heterocycles. The van der Waals surface area contributed by atoms with Crippen LogP contribution in [0.4, 0.5) is 0 Å². The van der Waals surface area contributed by atoms with Crippen LogP contribution in [-0.4, -0.2) is 30.5 Å². The van der Waals surface area contributed by atoms with Gasteiger partial charge in [-0.2, -0.15) is 0 Å². The summed E-state index contributed by atoms with van der Waals surface area (Å²) in [6, 6.07) is 7.10. The van der Waals surface area contributed by atoms with Crippen molar-refractivity contribution in [2.75, 3.05) is 13.2 Å². The van der Waals surface area contributed by atoms with Crippen LogP contribution in [0.1, 0.15) is 0 Å². The third-order valence-electron chi connectivity index (χ3n) is 2.08. The molecule has 1 N–H and O–H groups in total. The number of rotatable bonds is 2. The molecule has 0 amide bonds. The molecule has 1 aromatic rings. The molecule has 2 rings (SSSR count). The van der Waals surface area contributed by atoms with Gasteiger partial charge in [0, 0.05) is 5.02 Å². The molecule has 4 heteroatoms. The van der Waals surface area contributed by atoms with Crippen molar-refractivity contribution in [3.05, 3.63) is 29.3 Å². The van der Waals surface area contributed by atoms with Crippen LogP contribution in [-0.2, 0) is 4.74 Å². The zero-order valence-corrected chi connectivity index (χ0v) is 8.28. The van der Waals surface area contributed by atoms with Crippen molar-refractivity contribution in [3.63, 3.8) is 0 Å². The van der Waals surface area contributed by atoms with Crippen LogP contribution < -0.4 is 4.74 Å². The lowest BCUT2D eigenvalue weighted by Gasteiger charge is -2.15. The largest absolute Gasteiger partial charge is 0.485 e. The first-order valence-corrected chi connectivity index (χ1v) is 4.81. The molecule has 0 radical (unpaired) electrons. The highest BCUT2D eigenvalue weighted by Gasteiger charge is 2.27. The van der Waals surface area contributed by atoms with E-state index in [-0.39, 0.29) is 6.10 Å². The maximum Gasteiger partial charge on any atom is 0.150 e. The van der Waals surface area contributed by atoms with Gasteiger partial charge in [0.15, 0.2) is 0 Å². The van der Waals surface area contributed by atoms with Crippen LogP contribution in [0.15, 0.2) is 24.3 Å². The quantitative estimate of drug-likeness (QED) is 0.811. The van der Waals surface area contributed by atoms with E-state index in [9.17, 15) is 5.11 Å². The van der Waals surface area contributed by atoms with Crippen LogP contribution in [0.25, 0.3) is 0 Å². The minimum absolute atomic E-state index is 0.284. The predicted octanol–water partition coefficient (Wildman–Crippen LogP) is 1.48. The molecule has 0 aromatic heterocycles. The Kier molecular flexibility index (Phi) is 2.91. The van der Waals surface area contributed by atoms with Gasteiger partial charge in [-0.3, -0.25) is 0 Å². The molecule has 1 aliphatic heterocycles. The number of hydrogen-bond acceptors (Lipinski definition) is 3. The predicted molar refractivity (Wildman–Crippen MR) is 52.7 cm³/mol. The molecule has 1 fully saturated rings. The molecule has 2 atom stereocenters. The van der Waals surface area contributed by atoms with E-state index in [1.54, 1.807) is 24.3 Å². The van der Waals surface area contributed by atoms with Crippen molar-refractivity contribution in [2.24, 2.45) is 0 Å². The number of aliphatic hydroxyl groups is 1. The SMILES string of the molecule is O[C@H]1COC[C@@H]1Oc1cccc(Cl)c1. The topological polar surface area (TPSA) is 38.7 Å². The number of benzene rings is 1. The summed E-state index contributed by atoms with van der Waals surface area (Å²) in [6.07, 6.45) is -0.831. The summed E-state index contributed by atoms with van der Waals surface area (Å²) < 4.78 is 10.6. The Bertz CT molecular complexity index is 316. The van der Waals surface area contributed by atoms with Crippen LogP contribution in [0.2, 0.25) is 5.02 Å². The second kappa shape index (κ2) is 4.17. The van der Waals surface area contributed by atoms with E-state index in [1.807, 2.05) is 0 Å². The highest BCUT2D eigenvalue weighted by molar-refractivity contribution is 6.30. The summed E-state index contributed by atoms with van der Waals surface area (Å²) >= 11 is 5.79. The fourth-order valence-corrected chi connectivity index (χ4v) is 1.53. The van der Waals surface area contributed by atoms with E-state index in [1.165, 1.54) is 0 Å². The minimum atomic E-state index is -0.547. The average Bonchev–Trinajstić information content (AvgIpc) is 2.52. The second-order valence-electron chi connectivity index (χ2n) is 3.22. The van der Waals surface area contributed by atoms with E-state index in [4.69, 9.17) is 21.1 Å². The van der Waals surface area contributed by atoms with Gasteiger partial charge in [0.25, 0.3) is 0 Å². The lowest BCUT2D eigenvalue weighted by atomic mass is 10.2. The molecular weight excluding hydrogens is 204 g/mol. The Morgan fingerprint density at radius 3 is 2.93 bits per heavy atom. The van der Waals surface area contributed by atoms with Crippen molar-refractivity contribution in [1.82, 2.24) is 0 Å². The van der Waals surface area contributed by atoms with Crippen molar-refractivity contribution in [1.29, 1.82) is 0 Å². The van der Waals surface area contributed by atoms with Crippen molar-refractivity contribution in [2.45, 2.75) is 12.2 Å². The Hall–Kier alpha value is -0.770. The van der Waals surface area contributed by atoms with Gasteiger partial charge in [-0.05, 0) is 18.2 Å². The van der Waals surface area contributed by atoms with Crippen LogP contribution in [0.3, 0.4) is 0 Å². The first-order chi connectivity index (χ1) is 6.75. The van der Waals surface area contributed by atoms with Crippen LogP contribution in [0.5, 0.6) is 5.75 Å². The molecule has 0 unspecified atom stereocenters. The van der Waals surface area contributed by atoms with E-state index >= 15 is 0 Å². The second-order valence-corrected chi connectivity index (χ2v) is 3.65. The van der Waals surface area contributed by atoms with Crippen LogP contribution in [0, 0.1) is 0 Å². The Morgan fingerprint density at radius 2 is 2.29 bits per heavy atom. The lowest BCUT2D eigenvalue weighted by molar-refractivity contribution is 0.0733. The van der Waals surface area contributed by atoms with Gasteiger partial charge in [-0.1, -0.05) is 17.7 Å². The summed E-state index contributed by atoms with van der Waals surface area (Å²) in [5, 5.41) is 10.1. The summed E-state index contributed by atoms with van der Waals surface area (Å²) in [5.41, 5.74) is 0. The highest BCUT2D eigenvalue weighted by Crippen LogP contribution is 2.20. The van der Waals surface area contributed by atoms with E-state index < -0.39 is 6.10 Å². The molecule has 0 aliphatic carbocycles. The van der Waals surface area contributed by atoms with E-state index in [0.29, 0.717) is 24.0 Å². The number of halogens is 1. The van der Waals surface area contributed by atoms with Crippen LogP contribution >= 0.6 is 11.6 Å². The van der Waals surface area contributed by atoms with Gasteiger partial charge in [0.2, 0.25) is 0 Å². The molecule has 1 aliphatic rings. The van der Waals surface area contributed by atoms with E-state index in [0.717, 1.165) is 0 Å². The third kappa shape index (κ3) is 2.18. The standard InChI is InChI=1S/C10H11ClO3/c11-7-2-1-3-8(4-7)14-10-6-13-5-9(10)12/h1-4,9-10,12H,5-6H2/t9-,10-/m0/s1. The zero-order chi connectivity index (χ0) is 9.97. The maximum absolute atomic E-state index is 9.44. The number of hydrogen-bond donors (Lipinski definition) is 1. The molecule has 14 heavy (non-hydrogen) atoms. The Labute approximate surface area is 87.2 Å². The third-order valence-corrected chi connectivity index (χ3v) is 2.32. The summed E-state index contributed by atoms with van der Waals surface area (Å²) in [5.74, 6) is 0.659. The fraction of sp³-hybridized carbons (Fsp3) is 0.400. The van der Waals surface area contributed by atoms with Crippen molar-refractivity contribution in [3.8, 4) is 5.75 Å². The lowest BCUT2D eigenvalue weighted by Crippen LogP contribution is -2.29. The van der Waals surface area contributed by atoms with Gasteiger partial charge < -0.3 is 14.6 Å². The summed E-state index contributed by atoms with van der Waals surface area (Å²) in [4.78, 5) is 0. The number of aliphatic hydroxyl groups excluding tert-OH is 1. The molecule has 0 spiro atoms. The number of ether oxygens (including phenoxy) is 2. The van der Waals surface area contributed by atoms with Crippen molar-refractivity contribution < 1.29 is 14.6 Å². The summed E-state index contributed by atoms with van der Waals surface area (Å²) in [6.45, 7) is 0.763. The molecular formula is C10H11ClO3. The first kappa shape index (κ1) is 9.77. The van der Waals surface area contributed by atoms with Gasteiger partial charge in [0.1, 0.15) is 18.0 Å². The van der Waals surface area contributed by atoms with Gasteiger partial charge in [-0.15, -0.1) is 0 Å². The van der Waals surface area contributed by atoms with Gasteiger partial charge in [-0.25, -0.2) is 0 Å². The monoisotopic (exact) mass is 214 g/mol. The Morgan fingerprint density at radius 1 is 1.43 bits per heavy atom. The summed E-state index contributed by atoms with van der Waals surface area (Å²) in [7, 11) is 0. The minimum Gasteiger partial charge on any atom is -0.485 e. The molecule has 1 heterocycles. The molecule has 0 saturated carbocycles. The fourth-order valence-electron chi connectivity index (χ4n) is 1.35. The van der Waals surface area contributed by atoms with Crippen molar-refractivity contribution >= 4 is 11.6 Å². The highest BCUT2D eigenvalue weighted by atomic mass is 35.5. The smallest absolute Gasteiger partial charge is 0.150 e.